The number of fused-ring (bicyclic) bond motifs is 1. The number of nitrogens with one attached hydrogen (secondary N) is 1. The molecule has 80 valence electrons. The number of hydrogen-bond donors (Lipinski definition) is 3. The van der Waals surface area contributed by atoms with Gasteiger partial charge in [0, 0.05) is 0 Å². The molecule has 3 N–H and O–H groups in total. The van der Waals surface area contributed by atoms with Crippen LogP contribution >= 0.6 is 12.4 Å². The highest BCUT2D eigenvalue weighted by atomic mass is 35.5. The minimum absolute atomic E-state index is 0. The number of halogens is 1. The minimum Gasteiger partial charge on any atom is -0.390 e. The fourth-order valence-corrected chi connectivity index (χ4v) is 2.13. The highest BCUT2D eigenvalue weighted by molar-refractivity contribution is 6.09. The van der Waals surface area contributed by atoms with Crippen LogP contribution in [0.5, 0.6) is 0 Å². The molecule has 0 aromatic rings. The Balaban J connectivity index is 0.000000980. The lowest BCUT2D eigenvalue weighted by Crippen LogP contribution is -2.54. The van der Waals surface area contributed by atoms with Gasteiger partial charge in [-0.3, -0.25) is 14.9 Å². The number of aliphatic hydroxyl groups excluding tert-OH is 1. The largest absolute Gasteiger partial charge is 0.390 e. The highest BCUT2D eigenvalue weighted by Crippen LogP contribution is 2.37. The zero-order valence-electron chi connectivity index (χ0n) is 7.40. The molecule has 2 fully saturated rings. The Hall–Kier alpha value is -0.650. The van der Waals surface area contributed by atoms with Crippen molar-refractivity contribution in [2.75, 3.05) is 0 Å². The number of imide groups is 1. The van der Waals surface area contributed by atoms with E-state index in [1.165, 1.54) is 0 Å². The van der Waals surface area contributed by atoms with Gasteiger partial charge in [0.15, 0.2) is 5.60 Å². The average Bonchev–Trinajstić information content (AvgIpc) is 2.29. The van der Waals surface area contributed by atoms with Crippen LogP contribution in [0, 0.1) is 5.92 Å². The first-order chi connectivity index (χ1) is 6.06. The lowest BCUT2D eigenvalue weighted by molar-refractivity contribution is -0.161. The molecule has 3 unspecified atom stereocenters. The second kappa shape index (κ2) is 3.49. The van der Waals surface area contributed by atoms with E-state index in [0.717, 1.165) is 0 Å². The van der Waals surface area contributed by atoms with Crippen LogP contribution in [0.15, 0.2) is 0 Å². The minimum atomic E-state index is -1.87. The molecule has 3 atom stereocenters. The van der Waals surface area contributed by atoms with Crippen molar-refractivity contribution in [3.8, 4) is 0 Å². The van der Waals surface area contributed by atoms with E-state index in [4.69, 9.17) is 0 Å². The third-order valence-corrected chi connectivity index (χ3v) is 2.93. The zero-order valence-corrected chi connectivity index (χ0v) is 8.21. The molecule has 1 saturated heterocycles. The van der Waals surface area contributed by atoms with E-state index < -0.39 is 29.4 Å². The van der Waals surface area contributed by atoms with Crippen LogP contribution < -0.4 is 5.32 Å². The normalized spacial score (nSPS) is 41.3. The molecule has 14 heavy (non-hydrogen) atoms. The fraction of sp³-hybridized carbons (Fsp3) is 0.750. The first kappa shape index (κ1) is 11.4. The quantitative estimate of drug-likeness (QED) is 0.456. The summed E-state index contributed by atoms with van der Waals surface area (Å²) in [5.41, 5.74) is -1.87. The fourth-order valence-electron chi connectivity index (χ4n) is 2.13. The molecule has 0 radical (unpaired) electrons. The van der Waals surface area contributed by atoms with E-state index in [2.05, 4.69) is 0 Å². The molecular formula is C8H12ClNO4. The van der Waals surface area contributed by atoms with Crippen LogP contribution in [0.25, 0.3) is 0 Å². The van der Waals surface area contributed by atoms with Gasteiger partial charge in [-0.1, -0.05) is 0 Å². The molecule has 2 amide bonds. The van der Waals surface area contributed by atoms with Crippen LogP contribution in [0.1, 0.15) is 19.3 Å². The molecule has 0 spiro atoms. The summed E-state index contributed by atoms with van der Waals surface area (Å²) in [5.74, 6) is -1.98. The van der Waals surface area contributed by atoms with Gasteiger partial charge in [0.25, 0.3) is 5.91 Å². The first-order valence-corrected chi connectivity index (χ1v) is 4.32. The Kier molecular flexibility index (Phi) is 2.85. The van der Waals surface area contributed by atoms with Crippen LogP contribution in [0.4, 0.5) is 0 Å². The van der Waals surface area contributed by atoms with Gasteiger partial charge < -0.3 is 10.2 Å². The molecule has 5 nitrogen and oxygen atoms in total. The number of carbonyl (C=O) groups excluding carboxylic acids is 2. The topological polar surface area (TPSA) is 86.6 Å². The van der Waals surface area contributed by atoms with Gasteiger partial charge in [0.05, 0.1) is 12.0 Å². The number of amides is 2. The van der Waals surface area contributed by atoms with Crippen molar-refractivity contribution in [2.24, 2.45) is 5.92 Å². The Morgan fingerprint density at radius 2 is 2.00 bits per heavy atom. The van der Waals surface area contributed by atoms with E-state index in [1.54, 1.807) is 0 Å². The van der Waals surface area contributed by atoms with Crippen molar-refractivity contribution in [3.05, 3.63) is 0 Å². The molecule has 0 bridgehead atoms. The monoisotopic (exact) mass is 221 g/mol. The van der Waals surface area contributed by atoms with E-state index in [1.807, 2.05) is 5.32 Å². The number of rotatable bonds is 0. The van der Waals surface area contributed by atoms with Gasteiger partial charge in [-0.05, 0) is 19.3 Å². The zero-order chi connectivity index (χ0) is 9.64. The summed E-state index contributed by atoms with van der Waals surface area (Å²) in [6.45, 7) is 0. The van der Waals surface area contributed by atoms with Crippen molar-refractivity contribution in [2.45, 2.75) is 31.0 Å². The van der Waals surface area contributed by atoms with Crippen LogP contribution in [-0.2, 0) is 9.59 Å². The summed E-state index contributed by atoms with van der Waals surface area (Å²) in [7, 11) is 0. The van der Waals surface area contributed by atoms with Crippen molar-refractivity contribution < 1.29 is 19.8 Å². The lowest BCUT2D eigenvalue weighted by atomic mass is 9.75. The first-order valence-electron chi connectivity index (χ1n) is 4.32. The maximum Gasteiger partial charge on any atom is 0.262 e. The maximum atomic E-state index is 11.2. The van der Waals surface area contributed by atoms with E-state index >= 15 is 0 Å². The van der Waals surface area contributed by atoms with E-state index in [9.17, 15) is 19.8 Å². The van der Waals surface area contributed by atoms with Gasteiger partial charge in [0.2, 0.25) is 5.91 Å². The molecule has 2 rings (SSSR count). The molecule has 2 aliphatic rings. The standard InChI is InChI=1S/C8H11NO4.ClH/c10-5-3-1-2-4-6(11)9-7(12)8(4,5)13;/h4-5,10,13H,1-3H2,(H,9,11,12);1H. The van der Waals surface area contributed by atoms with Crippen molar-refractivity contribution in [1.82, 2.24) is 5.32 Å². The van der Waals surface area contributed by atoms with E-state index in [-0.39, 0.29) is 12.4 Å². The highest BCUT2D eigenvalue weighted by Gasteiger charge is 2.59. The predicted octanol–water partition coefficient (Wildman–Crippen LogP) is -1.04. The summed E-state index contributed by atoms with van der Waals surface area (Å²) in [6.07, 6.45) is 0.380. The summed E-state index contributed by atoms with van der Waals surface area (Å²) < 4.78 is 0. The summed E-state index contributed by atoms with van der Waals surface area (Å²) in [5, 5.41) is 21.3. The number of carbonyl (C=O) groups is 2. The summed E-state index contributed by atoms with van der Waals surface area (Å²) in [6, 6.07) is 0. The van der Waals surface area contributed by atoms with Gasteiger partial charge in [-0.2, -0.15) is 0 Å². The van der Waals surface area contributed by atoms with E-state index in [0.29, 0.717) is 19.3 Å². The number of hydrogen-bond acceptors (Lipinski definition) is 4. The van der Waals surface area contributed by atoms with Gasteiger partial charge in [-0.25, -0.2) is 0 Å². The van der Waals surface area contributed by atoms with Crippen LogP contribution in [-0.4, -0.2) is 33.7 Å². The molecule has 0 aromatic carbocycles. The van der Waals surface area contributed by atoms with Gasteiger partial charge >= 0.3 is 0 Å². The van der Waals surface area contributed by atoms with Crippen LogP contribution in [0.2, 0.25) is 0 Å². The predicted molar refractivity (Wildman–Crippen MR) is 48.7 cm³/mol. The molecule has 1 aliphatic carbocycles. The Morgan fingerprint density at radius 1 is 1.36 bits per heavy atom. The SMILES string of the molecule is Cl.O=C1NC(=O)C2(O)C(O)CCCC12. The molecule has 1 aliphatic heterocycles. The smallest absolute Gasteiger partial charge is 0.262 e. The molecule has 6 heteroatoms. The second-order valence-corrected chi connectivity index (χ2v) is 3.64. The van der Waals surface area contributed by atoms with Crippen LogP contribution in [0.3, 0.4) is 0 Å². The molecular weight excluding hydrogens is 210 g/mol. The Morgan fingerprint density at radius 3 is 2.57 bits per heavy atom. The van der Waals surface area contributed by atoms with Gasteiger partial charge in [0.1, 0.15) is 0 Å². The number of aliphatic hydroxyl groups is 2. The second-order valence-electron chi connectivity index (χ2n) is 3.64. The van der Waals surface area contributed by atoms with Gasteiger partial charge in [-0.15, -0.1) is 12.4 Å². The van der Waals surface area contributed by atoms with Crippen molar-refractivity contribution in [1.29, 1.82) is 0 Å². The van der Waals surface area contributed by atoms with Crippen molar-refractivity contribution in [3.63, 3.8) is 0 Å². The average molecular weight is 222 g/mol. The van der Waals surface area contributed by atoms with Crippen molar-refractivity contribution >= 4 is 24.2 Å². The third-order valence-electron chi connectivity index (χ3n) is 2.93. The summed E-state index contributed by atoms with van der Waals surface area (Å²) >= 11 is 0. The Bertz CT molecular complexity index is 283. The molecule has 1 heterocycles. The lowest BCUT2D eigenvalue weighted by Gasteiger charge is -2.34. The molecule has 0 aromatic heterocycles. The Labute approximate surface area is 86.9 Å². The third kappa shape index (κ3) is 1.24. The summed E-state index contributed by atoms with van der Waals surface area (Å²) in [4.78, 5) is 22.4. The maximum absolute atomic E-state index is 11.2. The molecule has 1 saturated carbocycles.